The fourth-order valence-electron chi connectivity index (χ4n) is 2.75. The van der Waals surface area contributed by atoms with Gasteiger partial charge in [0.05, 0.1) is 0 Å². The van der Waals surface area contributed by atoms with E-state index in [0.717, 1.165) is 25.1 Å². The van der Waals surface area contributed by atoms with Crippen molar-refractivity contribution < 1.29 is 9.21 Å². The second-order valence-electron chi connectivity index (χ2n) is 5.80. The fourth-order valence-corrected chi connectivity index (χ4v) is 2.75. The molecule has 1 atom stereocenters. The maximum atomic E-state index is 12.3. The highest BCUT2D eigenvalue weighted by molar-refractivity contribution is 5.97. The average Bonchev–Trinajstić information content (AvgIpc) is 3.19. The molecule has 0 radical (unpaired) electrons. The number of aromatic nitrogens is 1. The van der Waals surface area contributed by atoms with E-state index in [0.29, 0.717) is 23.9 Å². The Bertz CT molecular complexity index is 628. The Balaban J connectivity index is 1.63. The lowest BCUT2D eigenvalue weighted by Gasteiger charge is -2.09. The molecule has 0 saturated carbocycles. The normalized spacial score (nSPS) is 17.6. The van der Waals surface area contributed by atoms with E-state index in [-0.39, 0.29) is 5.91 Å². The number of carbonyl (C=O) groups is 1. The molecule has 0 bridgehead atoms. The molecule has 22 heavy (non-hydrogen) atoms. The van der Waals surface area contributed by atoms with Crippen LogP contribution in [0.3, 0.4) is 0 Å². The van der Waals surface area contributed by atoms with E-state index in [9.17, 15) is 4.79 Å². The van der Waals surface area contributed by atoms with Gasteiger partial charge in [0.1, 0.15) is 0 Å². The number of benzene rings is 1. The van der Waals surface area contributed by atoms with Crippen LogP contribution in [0.25, 0.3) is 11.3 Å². The summed E-state index contributed by atoms with van der Waals surface area (Å²) in [5.74, 6) is 1.02. The SMILES string of the molecule is Cc1ccc(-c2ocnc2C(=O)NCCC2CCNC2)cc1. The molecule has 1 fully saturated rings. The molecular weight excluding hydrogens is 278 g/mol. The Morgan fingerprint density at radius 3 is 2.95 bits per heavy atom. The summed E-state index contributed by atoms with van der Waals surface area (Å²) < 4.78 is 5.41. The van der Waals surface area contributed by atoms with Crippen molar-refractivity contribution in [3.63, 3.8) is 0 Å². The summed E-state index contributed by atoms with van der Waals surface area (Å²) in [6.07, 6.45) is 3.51. The van der Waals surface area contributed by atoms with Gasteiger partial charge in [0, 0.05) is 12.1 Å². The minimum atomic E-state index is -0.171. The quantitative estimate of drug-likeness (QED) is 0.889. The van der Waals surface area contributed by atoms with Gasteiger partial charge >= 0.3 is 0 Å². The zero-order valence-electron chi connectivity index (χ0n) is 12.8. The molecule has 1 aromatic heterocycles. The summed E-state index contributed by atoms with van der Waals surface area (Å²) in [6, 6.07) is 7.87. The Hall–Kier alpha value is -2.14. The number of rotatable bonds is 5. The highest BCUT2D eigenvalue weighted by atomic mass is 16.3. The van der Waals surface area contributed by atoms with Crippen molar-refractivity contribution in [3.05, 3.63) is 41.9 Å². The predicted molar refractivity (Wildman–Crippen MR) is 84.6 cm³/mol. The number of carbonyl (C=O) groups excluding carboxylic acids is 1. The summed E-state index contributed by atoms with van der Waals surface area (Å²) in [4.78, 5) is 16.4. The molecule has 2 N–H and O–H groups in total. The second-order valence-corrected chi connectivity index (χ2v) is 5.80. The van der Waals surface area contributed by atoms with E-state index in [1.807, 2.05) is 31.2 Å². The molecule has 2 heterocycles. The second kappa shape index (κ2) is 6.75. The van der Waals surface area contributed by atoms with Gasteiger partial charge in [-0.3, -0.25) is 4.79 Å². The van der Waals surface area contributed by atoms with E-state index in [2.05, 4.69) is 15.6 Å². The standard InChI is InChI=1S/C17H21N3O2/c1-12-2-4-14(5-3-12)16-15(20-11-22-16)17(21)19-9-7-13-6-8-18-10-13/h2-5,11,13,18H,6-10H2,1H3,(H,19,21). The molecule has 1 aliphatic heterocycles. The van der Waals surface area contributed by atoms with Crippen molar-refractivity contribution in [1.29, 1.82) is 0 Å². The Kier molecular flexibility index (Phi) is 4.53. The van der Waals surface area contributed by atoms with Crippen LogP contribution in [0.4, 0.5) is 0 Å². The summed E-state index contributed by atoms with van der Waals surface area (Å²) in [6.45, 7) is 4.83. The first-order chi connectivity index (χ1) is 10.7. The van der Waals surface area contributed by atoms with Crippen molar-refractivity contribution >= 4 is 5.91 Å². The minimum Gasteiger partial charge on any atom is -0.443 e. The van der Waals surface area contributed by atoms with Crippen LogP contribution in [0.5, 0.6) is 0 Å². The van der Waals surface area contributed by atoms with Crippen LogP contribution in [-0.2, 0) is 0 Å². The van der Waals surface area contributed by atoms with Crippen molar-refractivity contribution in [2.45, 2.75) is 19.8 Å². The number of hydrogen-bond acceptors (Lipinski definition) is 4. The summed E-state index contributed by atoms with van der Waals surface area (Å²) in [7, 11) is 0. The molecule has 116 valence electrons. The number of oxazole rings is 1. The van der Waals surface area contributed by atoms with Crippen molar-refractivity contribution in [2.24, 2.45) is 5.92 Å². The Morgan fingerprint density at radius 1 is 1.41 bits per heavy atom. The van der Waals surface area contributed by atoms with Gasteiger partial charge in [-0.1, -0.05) is 29.8 Å². The topological polar surface area (TPSA) is 67.2 Å². The smallest absolute Gasteiger partial charge is 0.273 e. The van der Waals surface area contributed by atoms with E-state index in [1.54, 1.807) is 0 Å². The highest BCUT2D eigenvalue weighted by Crippen LogP contribution is 2.23. The highest BCUT2D eigenvalue weighted by Gasteiger charge is 2.19. The van der Waals surface area contributed by atoms with Crippen LogP contribution in [-0.4, -0.2) is 30.5 Å². The monoisotopic (exact) mass is 299 g/mol. The Morgan fingerprint density at radius 2 is 2.23 bits per heavy atom. The molecular formula is C17H21N3O2. The third-order valence-electron chi connectivity index (χ3n) is 4.10. The third-order valence-corrected chi connectivity index (χ3v) is 4.10. The molecule has 5 heteroatoms. The first-order valence-corrected chi connectivity index (χ1v) is 7.73. The van der Waals surface area contributed by atoms with E-state index in [1.165, 1.54) is 18.4 Å². The van der Waals surface area contributed by atoms with Gasteiger partial charge in [-0.25, -0.2) is 4.98 Å². The number of nitrogens with one attached hydrogen (secondary N) is 2. The molecule has 1 aromatic carbocycles. The average molecular weight is 299 g/mol. The predicted octanol–water partition coefficient (Wildman–Crippen LogP) is 2.38. The maximum Gasteiger partial charge on any atom is 0.273 e. The molecule has 1 unspecified atom stereocenters. The number of amides is 1. The largest absolute Gasteiger partial charge is 0.443 e. The first-order valence-electron chi connectivity index (χ1n) is 7.73. The van der Waals surface area contributed by atoms with Gasteiger partial charge in [0.2, 0.25) is 0 Å². The van der Waals surface area contributed by atoms with Gasteiger partial charge in [0.15, 0.2) is 17.8 Å². The molecule has 0 spiro atoms. The van der Waals surface area contributed by atoms with Crippen LogP contribution in [0, 0.1) is 12.8 Å². The van der Waals surface area contributed by atoms with Crippen LogP contribution in [0.1, 0.15) is 28.9 Å². The molecule has 1 saturated heterocycles. The first kappa shape index (κ1) is 14.8. The van der Waals surface area contributed by atoms with Crippen LogP contribution >= 0.6 is 0 Å². The van der Waals surface area contributed by atoms with Crippen LogP contribution in [0.2, 0.25) is 0 Å². The van der Waals surface area contributed by atoms with Gasteiger partial charge < -0.3 is 15.1 Å². The molecule has 0 aliphatic carbocycles. The number of nitrogens with zero attached hydrogens (tertiary/aromatic N) is 1. The molecule has 2 aromatic rings. The molecule has 1 aliphatic rings. The lowest BCUT2D eigenvalue weighted by atomic mass is 10.1. The minimum absolute atomic E-state index is 0.171. The van der Waals surface area contributed by atoms with E-state index >= 15 is 0 Å². The van der Waals surface area contributed by atoms with E-state index < -0.39 is 0 Å². The van der Waals surface area contributed by atoms with Gasteiger partial charge in [-0.15, -0.1) is 0 Å². The third kappa shape index (κ3) is 3.36. The zero-order valence-corrected chi connectivity index (χ0v) is 12.8. The summed E-state index contributed by atoms with van der Waals surface area (Å²) in [5, 5.41) is 6.28. The van der Waals surface area contributed by atoms with Gasteiger partial charge in [-0.05, 0) is 38.8 Å². The lowest BCUT2D eigenvalue weighted by molar-refractivity contribution is 0.0947. The molecule has 3 rings (SSSR count). The van der Waals surface area contributed by atoms with E-state index in [4.69, 9.17) is 4.42 Å². The van der Waals surface area contributed by atoms with Crippen LogP contribution < -0.4 is 10.6 Å². The maximum absolute atomic E-state index is 12.3. The fraction of sp³-hybridized carbons (Fsp3) is 0.412. The van der Waals surface area contributed by atoms with Gasteiger partial charge in [0.25, 0.3) is 5.91 Å². The van der Waals surface area contributed by atoms with Gasteiger partial charge in [-0.2, -0.15) is 0 Å². The number of hydrogen-bond donors (Lipinski definition) is 2. The molecule has 5 nitrogen and oxygen atoms in total. The van der Waals surface area contributed by atoms with Crippen molar-refractivity contribution in [1.82, 2.24) is 15.6 Å². The molecule has 1 amide bonds. The number of aryl methyl sites for hydroxylation is 1. The summed E-state index contributed by atoms with van der Waals surface area (Å²) >= 11 is 0. The van der Waals surface area contributed by atoms with Crippen molar-refractivity contribution in [3.8, 4) is 11.3 Å². The van der Waals surface area contributed by atoms with Crippen molar-refractivity contribution in [2.75, 3.05) is 19.6 Å². The zero-order chi connectivity index (χ0) is 15.4. The Labute approximate surface area is 130 Å². The van der Waals surface area contributed by atoms with Crippen LogP contribution in [0.15, 0.2) is 35.1 Å². The summed E-state index contributed by atoms with van der Waals surface area (Å²) in [5.41, 5.74) is 2.39. The lowest BCUT2D eigenvalue weighted by Crippen LogP contribution is -2.27.